The van der Waals surface area contributed by atoms with E-state index in [-0.39, 0.29) is 18.3 Å². The summed E-state index contributed by atoms with van der Waals surface area (Å²) in [5, 5.41) is 12.1. The first-order chi connectivity index (χ1) is 16.1. The number of hydrogen-bond acceptors (Lipinski definition) is 6. The van der Waals surface area contributed by atoms with Crippen molar-refractivity contribution in [1.29, 1.82) is 0 Å². The van der Waals surface area contributed by atoms with E-state index < -0.39 is 0 Å². The highest BCUT2D eigenvalue weighted by Crippen LogP contribution is 2.26. The Hall–Kier alpha value is -3.30. The number of halogens is 1. The third-order valence-corrected chi connectivity index (χ3v) is 6.07. The van der Waals surface area contributed by atoms with Crippen LogP contribution in [-0.4, -0.2) is 33.5 Å². The number of ether oxygens (including phenoxy) is 2. The molecule has 0 aliphatic rings. The van der Waals surface area contributed by atoms with Crippen molar-refractivity contribution in [3.63, 3.8) is 0 Å². The normalized spacial score (nSPS) is 10.6. The van der Waals surface area contributed by atoms with Crippen LogP contribution in [0.4, 0.5) is 5.69 Å². The van der Waals surface area contributed by atoms with Crippen molar-refractivity contribution < 1.29 is 14.3 Å². The Morgan fingerprint density at radius 2 is 1.73 bits per heavy atom. The van der Waals surface area contributed by atoms with Gasteiger partial charge in [-0.25, -0.2) is 0 Å². The Kier molecular flexibility index (Phi) is 7.64. The predicted octanol–water partition coefficient (Wildman–Crippen LogP) is 5.35. The lowest BCUT2D eigenvalue weighted by Gasteiger charge is -2.12. The quantitative estimate of drug-likeness (QED) is 0.297. The van der Waals surface area contributed by atoms with Gasteiger partial charge in [-0.05, 0) is 48.5 Å². The second kappa shape index (κ2) is 11.0. The van der Waals surface area contributed by atoms with Crippen molar-refractivity contribution in [2.24, 2.45) is 0 Å². The van der Waals surface area contributed by atoms with Gasteiger partial charge in [-0.15, -0.1) is 10.2 Å². The van der Waals surface area contributed by atoms with Crippen molar-refractivity contribution in [1.82, 2.24) is 14.8 Å². The number of hydrogen-bond donors (Lipinski definition) is 1. The summed E-state index contributed by atoms with van der Waals surface area (Å²) in [5.74, 6) is 1.97. The molecule has 0 aliphatic heterocycles. The first-order valence-electron chi connectivity index (χ1n) is 10.1. The van der Waals surface area contributed by atoms with Crippen molar-refractivity contribution in [2.75, 3.05) is 18.2 Å². The fourth-order valence-electron chi connectivity index (χ4n) is 3.07. The van der Waals surface area contributed by atoms with E-state index in [1.165, 1.54) is 11.8 Å². The van der Waals surface area contributed by atoms with Crippen molar-refractivity contribution in [3.8, 4) is 17.2 Å². The lowest BCUT2D eigenvalue weighted by molar-refractivity contribution is -0.113. The van der Waals surface area contributed by atoms with E-state index >= 15 is 0 Å². The third kappa shape index (κ3) is 5.94. The molecule has 168 valence electrons. The number of nitrogens with one attached hydrogen (secondary N) is 1. The van der Waals surface area contributed by atoms with E-state index in [1.54, 1.807) is 19.2 Å². The van der Waals surface area contributed by atoms with E-state index in [9.17, 15) is 4.79 Å². The van der Waals surface area contributed by atoms with E-state index in [0.29, 0.717) is 22.4 Å². The molecular weight excluding hydrogens is 504 g/mol. The molecule has 0 fully saturated rings. The van der Waals surface area contributed by atoms with Crippen molar-refractivity contribution in [2.45, 2.75) is 11.8 Å². The minimum atomic E-state index is -0.167. The van der Waals surface area contributed by atoms with Gasteiger partial charge in [0.25, 0.3) is 0 Å². The molecule has 1 amide bonds. The first kappa shape index (κ1) is 22.9. The smallest absolute Gasteiger partial charge is 0.234 e. The predicted molar refractivity (Wildman–Crippen MR) is 132 cm³/mol. The van der Waals surface area contributed by atoms with Crippen molar-refractivity contribution in [3.05, 3.63) is 89.2 Å². The molecule has 0 spiro atoms. The number of methoxy groups -OCH3 is 1. The van der Waals surface area contributed by atoms with Gasteiger partial charge >= 0.3 is 0 Å². The molecule has 1 aromatic heterocycles. The van der Waals surface area contributed by atoms with Crippen LogP contribution in [0.2, 0.25) is 0 Å². The summed E-state index contributed by atoms with van der Waals surface area (Å²) in [4.78, 5) is 12.6. The third-order valence-electron chi connectivity index (χ3n) is 4.61. The zero-order valence-corrected chi connectivity index (χ0v) is 20.2. The highest BCUT2D eigenvalue weighted by Gasteiger charge is 2.17. The van der Waals surface area contributed by atoms with Crippen LogP contribution in [0.3, 0.4) is 0 Å². The molecule has 0 aliphatic carbocycles. The number of para-hydroxylation sites is 3. The molecule has 0 bridgehead atoms. The second-order valence-corrected chi connectivity index (χ2v) is 8.71. The summed E-state index contributed by atoms with van der Waals surface area (Å²) < 4.78 is 14.1. The van der Waals surface area contributed by atoms with Gasteiger partial charge in [-0.1, -0.05) is 58.0 Å². The minimum absolute atomic E-state index is 0.163. The number of carbonyl (C=O) groups is 1. The van der Waals surface area contributed by atoms with E-state index in [0.717, 1.165) is 15.9 Å². The monoisotopic (exact) mass is 524 g/mol. The standard InChI is InChI=1S/C24H21BrN4O3S/c1-31-21-10-6-5-9-20(21)26-23(30)16-33-24-28-27-22(29(24)18-7-3-2-4-8-18)15-32-19-13-11-17(25)12-14-19/h2-14H,15-16H2,1H3,(H,26,30). The summed E-state index contributed by atoms with van der Waals surface area (Å²) in [6, 6.07) is 24.6. The van der Waals surface area contributed by atoms with Crippen molar-refractivity contribution >= 4 is 39.3 Å². The van der Waals surface area contributed by atoms with Crippen LogP contribution < -0.4 is 14.8 Å². The van der Waals surface area contributed by atoms with Crippen LogP contribution in [0.15, 0.2) is 88.5 Å². The maximum absolute atomic E-state index is 12.6. The fraction of sp³-hybridized carbons (Fsp3) is 0.125. The SMILES string of the molecule is COc1ccccc1NC(=O)CSc1nnc(COc2ccc(Br)cc2)n1-c1ccccc1. The molecule has 1 N–H and O–H groups in total. The number of benzene rings is 3. The number of anilines is 1. The Labute approximate surface area is 204 Å². The molecule has 0 radical (unpaired) electrons. The van der Waals surface area contributed by atoms with E-state index in [1.807, 2.05) is 71.3 Å². The Morgan fingerprint density at radius 3 is 2.48 bits per heavy atom. The number of rotatable bonds is 9. The zero-order chi connectivity index (χ0) is 23.0. The number of amides is 1. The number of nitrogens with zero attached hydrogens (tertiary/aromatic N) is 3. The lowest BCUT2D eigenvalue weighted by atomic mass is 10.3. The molecule has 4 rings (SSSR count). The Balaban J connectivity index is 1.49. The van der Waals surface area contributed by atoms with Gasteiger partial charge in [-0.3, -0.25) is 9.36 Å². The highest BCUT2D eigenvalue weighted by atomic mass is 79.9. The topological polar surface area (TPSA) is 78.3 Å². The van der Waals surface area contributed by atoms with Gasteiger partial charge in [-0.2, -0.15) is 0 Å². The molecule has 9 heteroatoms. The molecule has 0 unspecified atom stereocenters. The van der Waals surface area contributed by atoms with E-state index in [4.69, 9.17) is 9.47 Å². The highest BCUT2D eigenvalue weighted by molar-refractivity contribution is 9.10. The number of carbonyl (C=O) groups excluding carboxylic acids is 1. The maximum atomic E-state index is 12.6. The minimum Gasteiger partial charge on any atom is -0.495 e. The Bertz CT molecular complexity index is 1220. The van der Waals surface area contributed by atoms with E-state index in [2.05, 4.69) is 31.4 Å². The van der Waals surface area contributed by atoms with Crippen LogP contribution >= 0.6 is 27.7 Å². The van der Waals surface area contributed by atoms with Gasteiger partial charge in [0.1, 0.15) is 18.1 Å². The largest absolute Gasteiger partial charge is 0.495 e. The summed E-state index contributed by atoms with van der Waals surface area (Å²) in [5.41, 5.74) is 1.52. The number of aromatic nitrogens is 3. The second-order valence-electron chi connectivity index (χ2n) is 6.85. The lowest BCUT2D eigenvalue weighted by Crippen LogP contribution is -2.15. The average Bonchev–Trinajstić information content (AvgIpc) is 3.26. The molecule has 0 atom stereocenters. The molecule has 1 heterocycles. The summed E-state index contributed by atoms with van der Waals surface area (Å²) in [6.07, 6.45) is 0. The molecule has 3 aromatic carbocycles. The maximum Gasteiger partial charge on any atom is 0.234 e. The average molecular weight is 525 g/mol. The molecule has 33 heavy (non-hydrogen) atoms. The molecular formula is C24H21BrN4O3S. The van der Waals surface area contributed by atoms with Crippen LogP contribution in [0.1, 0.15) is 5.82 Å². The Morgan fingerprint density at radius 1 is 1.00 bits per heavy atom. The molecule has 0 saturated carbocycles. The van der Waals surface area contributed by atoms with Gasteiger partial charge < -0.3 is 14.8 Å². The number of thioether (sulfide) groups is 1. The van der Waals surface area contributed by atoms with Gasteiger partial charge in [0.2, 0.25) is 5.91 Å². The zero-order valence-electron chi connectivity index (χ0n) is 17.8. The summed E-state index contributed by atoms with van der Waals surface area (Å²) >= 11 is 4.72. The van der Waals surface area contributed by atoms with Crippen LogP contribution in [0.5, 0.6) is 11.5 Å². The fourth-order valence-corrected chi connectivity index (χ4v) is 4.10. The van der Waals surface area contributed by atoms with Gasteiger partial charge in [0, 0.05) is 10.2 Å². The summed E-state index contributed by atoms with van der Waals surface area (Å²) in [6.45, 7) is 0.234. The van der Waals surface area contributed by atoms with Crippen LogP contribution in [-0.2, 0) is 11.4 Å². The van der Waals surface area contributed by atoms with Crippen LogP contribution in [0, 0.1) is 0 Å². The van der Waals surface area contributed by atoms with Gasteiger partial charge in [0.15, 0.2) is 11.0 Å². The molecule has 0 saturated heterocycles. The van der Waals surface area contributed by atoms with Crippen LogP contribution in [0.25, 0.3) is 5.69 Å². The summed E-state index contributed by atoms with van der Waals surface area (Å²) in [7, 11) is 1.57. The molecule has 7 nitrogen and oxygen atoms in total. The first-order valence-corrected chi connectivity index (χ1v) is 11.9. The van der Waals surface area contributed by atoms with Gasteiger partial charge in [0.05, 0.1) is 18.6 Å². The molecule has 4 aromatic rings.